The van der Waals surface area contributed by atoms with E-state index in [2.05, 4.69) is 10.5 Å². The van der Waals surface area contributed by atoms with Crippen LogP contribution in [0.4, 0.5) is 0 Å². The minimum atomic E-state index is 0.840. The summed E-state index contributed by atoms with van der Waals surface area (Å²) in [6.07, 6.45) is 2.03. The summed E-state index contributed by atoms with van der Waals surface area (Å²) < 4.78 is 1.84. The standard InChI is InChI=1S/C8H16N4/c1-7-8(5-9-11(2)3)6-12(4)10-7/h6,9H,5H2,1-4H3. The van der Waals surface area contributed by atoms with Crippen molar-refractivity contribution in [3.8, 4) is 0 Å². The highest BCUT2D eigenvalue weighted by atomic mass is 15.5. The van der Waals surface area contributed by atoms with E-state index in [4.69, 9.17) is 0 Å². The zero-order chi connectivity index (χ0) is 9.14. The van der Waals surface area contributed by atoms with Gasteiger partial charge in [0.25, 0.3) is 0 Å². The Balaban J connectivity index is 2.57. The summed E-state index contributed by atoms with van der Waals surface area (Å²) in [6.45, 7) is 2.86. The Morgan fingerprint density at radius 3 is 2.67 bits per heavy atom. The van der Waals surface area contributed by atoms with Gasteiger partial charge in [-0.3, -0.25) is 15.1 Å². The zero-order valence-corrected chi connectivity index (χ0v) is 8.13. The lowest BCUT2D eigenvalue weighted by Crippen LogP contribution is -2.29. The predicted octanol–water partition coefficient (Wildman–Crippen LogP) is 0.295. The molecule has 12 heavy (non-hydrogen) atoms. The lowest BCUT2D eigenvalue weighted by molar-refractivity contribution is 0.285. The highest BCUT2D eigenvalue weighted by Gasteiger charge is 2.01. The highest BCUT2D eigenvalue weighted by Crippen LogP contribution is 2.03. The Morgan fingerprint density at radius 1 is 1.58 bits per heavy atom. The minimum Gasteiger partial charge on any atom is -0.275 e. The van der Waals surface area contributed by atoms with Crippen LogP contribution in [0.25, 0.3) is 0 Å². The molecule has 0 amide bonds. The van der Waals surface area contributed by atoms with Gasteiger partial charge in [0.05, 0.1) is 5.69 Å². The van der Waals surface area contributed by atoms with Gasteiger partial charge in [-0.1, -0.05) is 0 Å². The van der Waals surface area contributed by atoms with E-state index in [9.17, 15) is 0 Å². The zero-order valence-electron chi connectivity index (χ0n) is 8.13. The Kier molecular flexibility index (Phi) is 2.83. The van der Waals surface area contributed by atoms with Crippen molar-refractivity contribution in [2.75, 3.05) is 14.1 Å². The van der Waals surface area contributed by atoms with Crippen LogP contribution in [-0.2, 0) is 13.6 Å². The average Bonchev–Trinajstić information content (AvgIpc) is 2.26. The second-order valence-corrected chi connectivity index (χ2v) is 3.14. The van der Waals surface area contributed by atoms with E-state index in [-0.39, 0.29) is 0 Å². The fourth-order valence-corrected chi connectivity index (χ4v) is 1.07. The van der Waals surface area contributed by atoms with Gasteiger partial charge in [-0.25, -0.2) is 0 Å². The maximum atomic E-state index is 4.25. The van der Waals surface area contributed by atoms with Gasteiger partial charge < -0.3 is 0 Å². The molecule has 0 saturated heterocycles. The number of nitrogens with zero attached hydrogens (tertiary/aromatic N) is 3. The summed E-state index contributed by atoms with van der Waals surface area (Å²) >= 11 is 0. The molecule has 0 spiro atoms. The first-order valence-corrected chi connectivity index (χ1v) is 3.99. The number of hydrogen-bond donors (Lipinski definition) is 1. The summed E-state index contributed by atoms with van der Waals surface area (Å²) in [5.41, 5.74) is 5.53. The summed E-state index contributed by atoms with van der Waals surface area (Å²) in [5, 5.41) is 6.18. The Bertz CT molecular complexity index is 252. The maximum Gasteiger partial charge on any atom is 0.0639 e. The van der Waals surface area contributed by atoms with Crippen LogP contribution >= 0.6 is 0 Å². The Labute approximate surface area is 73.1 Å². The normalized spacial score (nSPS) is 11.1. The molecule has 0 aliphatic carbocycles. The second-order valence-electron chi connectivity index (χ2n) is 3.14. The summed E-state index contributed by atoms with van der Waals surface area (Å²) in [4.78, 5) is 0. The van der Waals surface area contributed by atoms with Crippen LogP contribution in [0.5, 0.6) is 0 Å². The van der Waals surface area contributed by atoms with E-state index in [0.29, 0.717) is 0 Å². The lowest BCUT2D eigenvalue weighted by Gasteiger charge is -2.10. The van der Waals surface area contributed by atoms with Crippen LogP contribution < -0.4 is 5.43 Å². The van der Waals surface area contributed by atoms with Crippen LogP contribution in [0.3, 0.4) is 0 Å². The van der Waals surface area contributed by atoms with E-state index in [1.54, 1.807) is 0 Å². The molecule has 4 nitrogen and oxygen atoms in total. The van der Waals surface area contributed by atoms with Crippen molar-refractivity contribution >= 4 is 0 Å². The number of rotatable bonds is 3. The molecule has 0 atom stereocenters. The van der Waals surface area contributed by atoms with Crippen molar-refractivity contribution in [1.29, 1.82) is 0 Å². The van der Waals surface area contributed by atoms with Gasteiger partial charge in [0.15, 0.2) is 0 Å². The first kappa shape index (κ1) is 9.22. The van der Waals surface area contributed by atoms with Crippen molar-refractivity contribution in [1.82, 2.24) is 20.2 Å². The van der Waals surface area contributed by atoms with Crippen molar-refractivity contribution in [2.24, 2.45) is 7.05 Å². The molecular formula is C8H16N4. The number of nitrogens with one attached hydrogen (secondary N) is 1. The Hall–Kier alpha value is -0.870. The van der Waals surface area contributed by atoms with Crippen LogP contribution in [0.15, 0.2) is 6.20 Å². The van der Waals surface area contributed by atoms with E-state index >= 15 is 0 Å². The van der Waals surface area contributed by atoms with Gasteiger partial charge >= 0.3 is 0 Å². The number of hydrazine groups is 1. The lowest BCUT2D eigenvalue weighted by atomic mass is 10.3. The average molecular weight is 168 g/mol. The van der Waals surface area contributed by atoms with Gasteiger partial charge in [-0.2, -0.15) is 5.10 Å². The van der Waals surface area contributed by atoms with Gasteiger partial charge in [0.2, 0.25) is 0 Å². The molecule has 0 aliphatic rings. The van der Waals surface area contributed by atoms with E-state index in [1.165, 1.54) is 5.56 Å². The topological polar surface area (TPSA) is 33.1 Å². The SMILES string of the molecule is Cc1nn(C)cc1CNN(C)C. The van der Waals surface area contributed by atoms with Crippen molar-refractivity contribution in [2.45, 2.75) is 13.5 Å². The fraction of sp³-hybridized carbons (Fsp3) is 0.625. The summed E-state index contributed by atoms with van der Waals surface area (Å²) in [5.74, 6) is 0. The van der Waals surface area contributed by atoms with E-state index in [1.807, 2.05) is 44.0 Å². The molecule has 1 rings (SSSR count). The van der Waals surface area contributed by atoms with Crippen LogP contribution in [0.2, 0.25) is 0 Å². The third-order valence-corrected chi connectivity index (χ3v) is 1.70. The molecule has 0 radical (unpaired) electrons. The molecule has 1 aromatic rings. The molecule has 68 valence electrons. The molecule has 1 aromatic heterocycles. The monoisotopic (exact) mass is 168 g/mol. The molecule has 1 N–H and O–H groups in total. The summed E-state index contributed by atoms with van der Waals surface area (Å²) in [7, 11) is 5.89. The van der Waals surface area contributed by atoms with Crippen LogP contribution in [0.1, 0.15) is 11.3 Å². The number of aromatic nitrogens is 2. The molecule has 0 fully saturated rings. The largest absolute Gasteiger partial charge is 0.275 e. The van der Waals surface area contributed by atoms with E-state index < -0.39 is 0 Å². The van der Waals surface area contributed by atoms with E-state index in [0.717, 1.165) is 12.2 Å². The molecule has 0 saturated carbocycles. The molecule has 0 bridgehead atoms. The van der Waals surface area contributed by atoms with Crippen LogP contribution in [0, 0.1) is 6.92 Å². The van der Waals surface area contributed by atoms with Gasteiger partial charge in [-0.15, -0.1) is 0 Å². The predicted molar refractivity (Wildman–Crippen MR) is 48.5 cm³/mol. The molecule has 0 aliphatic heterocycles. The summed E-state index contributed by atoms with van der Waals surface area (Å²) in [6, 6.07) is 0. The quantitative estimate of drug-likeness (QED) is 0.659. The number of aryl methyl sites for hydroxylation is 2. The second kappa shape index (κ2) is 3.69. The minimum absolute atomic E-state index is 0.840. The molecule has 4 heteroatoms. The Morgan fingerprint density at radius 2 is 2.25 bits per heavy atom. The highest BCUT2D eigenvalue weighted by molar-refractivity contribution is 5.14. The molecular weight excluding hydrogens is 152 g/mol. The maximum absolute atomic E-state index is 4.25. The fourth-order valence-electron chi connectivity index (χ4n) is 1.07. The smallest absolute Gasteiger partial charge is 0.0639 e. The van der Waals surface area contributed by atoms with Crippen molar-refractivity contribution in [3.63, 3.8) is 0 Å². The first-order valence-electron chi connectivity index (χ1n) is 3.99. The van der Waals surface area contributed by atoms with Gasteiger partial charge in [0.1, 0.15) is 0 Å². The molecule has 1 heterocycles. The molecule has 0 aromatic carbocycles. The number of hydrogen-bond acceptors (Lipinski definition) is 3. The van der Waals surface area contributed by atoms with Gasteiger partial charge in [-0.05, 0) is 6.92 Å². The third kappa shape index (κ3) is 2.32. The van der Waals surface area contributed by atoms with Crippen molar-refractivity contribution < 1.29 is 0 Å². The van der Waals surface area contributed by atoms with Gasteiger partial charge in [0, 0.05) is 39.4 Å². The van der Waals surface area contributed by atoms with Crippen LogP contribution in [-0.4, -0.2) is 28.9 Å². The van der Waals surface area contributed by atoms with Crippen molar-refractivity contribution in [3.05, 3.63) is 17.5 Å². The third-order valence-electron chi connectivity index (χ3n) is 1.70. The molecule has 0 unspecified atom stereocenters. The first-order chi connectivity index (χ1) is 5.59.